The fraction of sp³-hybridized carbons (Fsp3) is 0.812. The largest absolute Gasteiger partial charge is 0.480 e. The van der Waals surface area contributed by atoms with Crippen molar-refractivity contribution in [1.82, 2.24) is 10.6 Å². The van der Waals surface area contributed by atoms with Gasteiger partial charge in [-0.3, -0.25) is 9.59 Å². The van der Waals surface area contributed by atoms with E-state index in [2.05, 4.69) is 10.6 Å². The van der Waals surface area contributed by atoms with Gasteiger partial charge < -0.3 is 27.2 Å². The lowest BCUT2D eigenvalue weighted by atomic mass is 10.00. The molecule has 0 aliphatic rings. The molecule has 0 aromatic heterocycles. The highest BCUT2D eigenvalue weighted by atomic mass is 16.4. The number of hydrogen-bond donors (Lipinski definition) is 5. The van der Waals surface area contributed by atoms with Crippen LogP contribution in [0, 0.1) is 11.8 Å². The third kappa shape index (κ3) is 8.83. The van der Waals surface area contributed by atoms with Gasteiger partial charge in [0, 0.05) is 0 Å². The van der Waals surface area contributed by atoms with E-state index >= 15 is 0 Å². The summed E-state index contributed by atoms with van der Waals surface area (Å²) < 4.78 is 0. The quantitative estimate of drug-likeness (QED) is 0.351. The standard InChI is InChI=1S/C16H32N4O4/c1-9(2)7-12(19-14(21)11(18)5-6-17)15(22)20-13(16(23)24)8-10(3)4/h9-13H,5-8,17-18H2,1-4H3,(H,19,21)(H,20,22)(H,23,24)/t11-,12+,13-/m0/s1. The Kier molecular flexibility index (Phi) is 10.2. The van der Waals surface area contributed by atoms with Crippen molar-refractivity contribution in [2.45, 2.75) is 65.1 Å². The number of nitrogens with two attached hydrogens (primary N) is 2. The van der Waals surface area contributed by atoms with E-state index in [-0.39, 0.29) is 18.4 Å². The van der Waals surface area contributed by atoms with Crippen molar-refractivity contribution in [3.05, 3.63) is 0 Å². The molecule has 0 rings (SSSR count). The third-order valence-electron chi connectivity index (χ3n) is 3.48. The zero-order valence-electron chi connectivity index (χ0n) is 15.0. The monoisotopic (exact) mass is 344 g/mol. The lowest BCUT2D eigenvalue weighted by molar-refractivity contribution is -0.142. The Morgan fingerprint density at radius 3 is 1.79 bits per heavy atom. The van der Waals surface area contributed by atoms with Gasteiger partial charge in [0.15, 0.2) is 0 Å². The molecule has 0 unspecified atom stereocenters. The third-order valence-corrected chi connectivity index (χ3v) is 3.48. The van der Waals surface area contributed by atoms with E-state index in [1.165, 1.54) is 0 Å². The van der Waals surface area contributed by atoms with Crippen LogP contribution in [0.2, 0.25) is 0 Å². The summed E-state index contributed by atoms with van der Waals surface area (Å²) in [7, 11) is 0. The molecule has 3 atom stereocenters. The Bertz CT molecular complexity index is 426. The SMILES string of the molecule is CC(C)C[C@H](NC(=O)[C@@H](CC(C)C)NC(=O)[C@@H](N)CCN)C(=O)O. The summed E-state index contributed by atoms with van der Waals surface area (Å²) in [6, 6.07) is -2.60. The minimum absolute atomic E-state index is 0.113. The molecule has 0 fully saturated rings. The molecule has 0 spiro atoms. The second-order valence-corrected chi connectivity index (χ2v) is 6.90. The normalized spacial score (nSPS) is 15.0. The zero-order chi connectivity index (χ0) is 18.9. The first-order chi connectivity index (χ1) is 11.1. The van der Waals surface area contributed by atoms with Gasteiger partial charge in [-0.05, 0) is 37.6 Å². The molecule has 0 aliphatic heterocycles. The van der Waals surface area contributed by atoms with Crippen molar-refractivity contribution in [3.8, 4) is 0 Å². The summed E-state index contributed by atoms with van der Waals surface area (Å²) in [5.74, 6) is -1.81. The molecule has 0 heterocycles. The number of amides is 2. The molecule has 24 heavy (non-hydrogen) atoms. The van der Waals surface area contributed by atoms with Crippen LogP contribution in [0.1, 0.15) is 47.0 Å². The summed E-state index contributed by atoms with van der Waals surface area (Å²) in [5, 5.41) is 14.4. The first kappa shape index (κ1) is 22.3. The van der Waals surface area contributed by atoms with E-state index in [1.54, 1.807) is 0 Å². The predicted octanol–water partition coefficient (Wildman–Crippen LogP) is -0.191. The number of rotatable bonds is 11. The van der Waals surface area contributed by atoms with E-state index in [4.69, 9.17) is 11.5 Å². The Morgan fingerprint density at radius 1 is 0.917 bits per heavy atom. The molecule has 8 heteroatoms. The van der Waals surface area contributed by atoms with Crippen LogP contribution in [0.5, 0.6) is 0 Å². The molecule has 2 amide bonds. The smallest absolute Gasteiger partial charge is 0.326 e. The summed E-state index contributed by atoms with van der Waals surface area (Å²) in [4.78, 5) is 35.8. The lowest BCUT2D eigenvalue weighted by Crippen LogP contribution is -2.55. The maximum absolute atomic E-state index is 12.4. The van der Waals surface area contributed by atoms with Gasteiger partial charge in [-0.25, -0.2) is 4.79 Å². The highest BCUT2D eigenvalue weighted by Gasteiger charge is 2.28. The van der Waals surface area contributed by atoms with Crippen LogP contribution in [0.25, 0.3) is 0 Å². The molecule has 0 aliphatic carbocycles. The molecule has 0 saturated carbocycles. The minimum Gasteiger partial charge on any atom is -0.480 e. The number of carbonyl (C=O) groups is 3. The fourth-order valence-corrected chi connectivity index (χ4v) is 2.26. The van der Waals surface area contributed by atoms with Crippen molar-refractivity contribution in [2.75, 3.05) is 6.54 Å². The summed E-state index contributed by atoms with van der Waals surface area (Å²) >= 11 is 0. The summed E-state index contributed by atoms with van der Waals surface area (Å²) in [6.45, 7) is 7.85. The summed E-state index contributed by atoms with van der Waals surface area (Å²) in [6.07, 6.45) is 1.02. The average Bonchev–Trinajstić information content (AvgIpc) is 2.44. The molecule has 0 aromatic rings. The highest BCUT2D eigenvalue weighted by Crippen LogP contribution is 2.09. The number of hydrogen-bond acceptors (Lipinski definition) is 5. The number of nitrogens with one attached hydrogen (secondary N) is 2. The number of carboxylic acid groups (broad SMARTS) is 1. The first-order valence-electron chi connectivity index (χ1n) is 8.37. The average molecular weight is 344 g/mol. The number of carboxylic acids is 1. The Hall–Kier alpha value is -1.67. The second kappa shape index (κ2) is 11.0. The molecular formula is C16H32N4O4. The van der Waals surface area contributed by atoms with Gasteiger partial charge in [0.1, 0.15) is 12.1 Å². The van der Waals surface area contributed by atoms with Gasteiger partial charge in [0.05, 0.1) is 6.04 Å². The molecule has 0 saturated heterocycles. The molecule has 0 radical (unpaired) electrons. The number of aliphatic carboxylic acids is 1. The Balaban J connectivity index is 4.98. The van der Waals surface area contributed by atoms with Crippen LogP contribution in [0.15, 0.2) is 0 Å². The van der Waals surface area contributed by atoms with E-state index < -0.39 is 35.9 Å². The van der Waals surface area contributed by atoms with E-state index in [0.29, 0.717) is 19.3 Å². The van der Waals surface area contributed by atoms with E-state index in [9.17, 15) is 19.5 Å². The fourth-order valence-electron chi connectivity index (χ4n) is 2.26. The molecular weight excluding hydrogens is 312 g/mol. The van der Waals surface area contributed by atoms with Crippen LogP contribution in [0.3, 0.4) is 0 Å². The van der Waals surface area contributed by atoms with Crippen molar-refractivity contribution in [2.24, 2.45) is 23.3 Å². The zero-order valence-corrected chi connectivity index (χ0v) is 15.0. The molecule has 8 nitrogen and oxygen atoms in total. The number of carbonyl (C=O) groups excluding carboxylic acids is 2. The van der Waals surface area contributed by atoms with Crippen molar-refractivity contribution < 1.29 is 19.5 Å². The first-order valence-corrected chi connectivity index (χ1v) is 8.37. The highest BCUT2D eigenvalue weighted by molar-refractivity contribution is 5.91. The van der Waals surface area contributed by atoms with Crippen LogP contribution < -0.4 is 22.1 Å². The van der Waals surface area contributed by atoms with Gasteiger partial charge in [-0.2, -0.15) is 0 Å². The van der Waals surface area contributed by atoms with E-state index in [1.807, 2.05) is 27.7 Å². The molecule has 0 bridgehead atoms. The van der Waals surface area contributed by atoms with Crippen LogP contribution in [-0.4, -0.2) is 47.6 Å². The predicted molar refractivity (Wildman–Crippen MR) is 92.1 cm³/mol. The summed E-state index contributed by atoms with van der Waals surface area (Å²) in [5.41, 5.74) is 11.1. The van der Waals surface area contributed by atoms with Crippen molar-refractivity contribution in [3.63, 3.8) is 0 Å². The van der Waals surface area contributed by atoms with Gasteiger partial charge in [0.2, 0.25) is 11.8 Å². The Morgan fingerprint density at radius 2 is 1.38 bits per heavy atom. The molecule has 7 N–H and O–H groups in total. The van der Waals surface area contributed by atoms with Crippen LogP contribution in [-0.2, 0) is 14.4 Å². The maximum atomic E-state index is 12.4. The molecule has 0 aromatic carbocycles. The second-order valence-electron chi connectivity index (χ2n) is 6.90. The van der Waals surface area contributed by atoms with Crippen molar-refractivity contribution >= 4 is 17.8 Å². The Labute approximate surface area is 143 Å². The van der Waals surface area contributed by atoms with Crippen LogP contribution in [0.4, 0.5) is 0 Å². The van der Waals surface area contributed by atoms with Gasteiger partial charge in [0.25, 0.3) is 0 Å². The maximum Gasteiger partial charge on any atom is 0.326 e. The van der Waals surface area contributed by atoms with Gasteiger partial charge in [-0.15, -0.1) is 0 Å². The van der Waals surface area contributed by atoms with Gasteiger partial charge in [-0.1, -0.05) is 27.7 Å². The molecule has 140 valence electrons. The van der Waals surface area contributed by atoms with E-state index in [0.717, 1.165) is 0 Å². The van der Waals surface area contributed by atoms with Crippen LogP contribution >= 0.6 is 0 Å². The van der Waals surface area contributed by atoms with Crippen molar-refractivity contribution in [1.29, 1.82) is 0 Å². The topological polar surface area (TPSA) is 148 Å². The van der Waals surface area contributed by atoms with Gasteiger partial charge >= 0.3 is 5.97 Å². The lowest BCUT2D eigenvalue weighted by Gasteiger charge is -2.24. The minimum atomic E-state index is -1.09.